The van der Waals surface area contributed by atoms with Gasteiger partial charge in [-0.3, -0.25) is 0 Å². The minimum atomic E-state index is -0.00583. The zero-order valence-electron chi connectivity index (χ0n) is 5.89. The average Bonchev–Trinajstić information content (AvgIpc) is 1.90. The lowest BCUT2D eigenvalue weighted by Crippen LogP contribution is -2.15. The highest BCUT2D eigenvalue weighted by atomic mass is 16.7. The van der Waals surface area contributed by atoms with Crippen LogP contribution in [-0.2, 0) is 9.47 Å². The van der Waals surface area contributed by atoms with Gasteiger partial charge in [-0.2, -0.15) is 0 Å². The third-order valence-electron chi connectivity index (χ3n) is 1.46. The van der Waals surface area contributed by atoms with E-state index >= 15 is 0 Å². The average molecular weight is 128 g/mol. The molecular weight excluding hydrogens is 116 g/mol. The maximum Gasteiger partial charge on any atom is 0.198 e. The van der Waals surface area contributed by atoms with E-state index in [1.807, 2.05) is 0 Å². The molecule has 0 aromatic heterocycles. The molecule has 0 saturated heterocycles. The number of hydrogen-bond acceptors (Lipinski definition) is 2. The van der Waals surface area contributed by atoms with Gasteiger partial charge in [-0.15, -0.1) is 0 Å². The molecule has 0 aliphatic carbocycles. The summed E-state index contributed by atoms with van der Waals surface area (Å²) >= 11 is 0. The molecule has 9 heavy (non-hydrogen) atoms. The van der Waals surface area contributed by atoms with Crippen molar-refractivity contribution in [3.05, 3.63) is 11.8 Å². The third-order valence-corrected chi connectivity index (χ3v) is 1.46. The van der Waals surface area contributed by atoms with Crippen molar-refractivity contribution in [1.82, 2.24) is 0 Å². The third kappa shape index (κ3) is 1.72. The number of rotatable bonds is 1. The number of allylic oxidation sites excluding steroid dienone is 1. The molecule has 1 rings (SSSR count). The lowest BCUT2D eigenvalue weighted by molar-refractivity contribution is -0.0938. The number of ether oxygens (including phenoxy) is 2. The highest BCUT2D eigenvalue weighted by Crippen LogP contribution is 2.16. The van der Waals surface area contributed by atoms with Gasteiger partial charge in [0.2, 0.25) is 0 Å². The lowest BCUT2D eigenvalue weighted by Gasteiger charge is -2.19. The zero-order chi connectivity index (χ0) is 6.69. The summed E-state index contributed by atoms with van der Waals surface area (Å²) in [5.41, 5.74) is 1.29. The van der Waals surface area contributed by atoms with E-state index in [4.69, 9.17) is 9.47 Å². The molecule has 52 valence electrons. The van der Waals surface area contributed by atoms with Crippen molar-refractivity contribution >= 4 is 0 Å². The van der Waals surface area contributed by atoms with Gasteiger partial charge < -0.3 is 9.47 Å². The second kappa shape index (κ2) is 2.87. The van der Waals surface area contributed by atoms with Crippen LogP contribution in [0.2, 0.25) is 0 Å². The molecule has 0 aromatic rings. The minimum Gasteiger partial charge on any atom is -0.473 e. The molecule has 0 saturated carbocycles. The van der Waals surface area contributed by atoms with Gasteiger partial charge in [0.1, 0.15) is 0 Å². The Morgan fingerprint density at radius 3 is 3.00 bits per heavy atom. The molecule has 1 unspecified atom stereocenters. The molecule has 1 aliphatic heterocycles. The smallest absolute Gasteiger partial charge is 0.198 e. The summed E-state index contributed by atoms with van der Waals surface area (Å²) in [6.07, 6.45) is 3.85. The van der Waals surface area contributed by atoms with Crippen LogP contribution in [0.25, 0.3) is 0 Å². The Morgan fingerprint density at radius 2 is 2.56 bits per heavy atom. The molecule has 0 spiro atoms. The van der Waals surface area contributed by atoms with Gasteiger partial charge in [0.25, 0.3) is 0 Å². The van der Waals surface area contributed by atoms with Crippen molar-refractivity contribution in [1.29, 1.82) is 0 Å². The summed E-state index contributed by atoms with van der Waals surface area (Å²) in [5.74, 6) is 0. The Kier molecular flexibility index (Phi) is 2.11. The molecule has 1 heterocycles. The molecule has 0 amide bonds. The molecular formula is C7H12O2. The Hall–Kier alpha value is -0.500. The van der Waals surface area contributed by atoms with Crippen molar-refractivity contribution in [3.8, 4) is 0 Å². The molecule has 2 heteroatoms. The number of methoxy groups -OCH3 is 1. The fraction of sp³-hybridized carbons (Fsp3) is 0.714. The maximum atomic E-state index is 5.16. The molecule has 1 atom stereocenters. The van der Waals surface area contributed by atoms with Crippen LogP contribution < -0.4 is 0 Å². The predicted octanol–water partition coefficient (Wildman–Crippen LogP) is 1.67. The van der Waals surface area contributed by atoms with Crippen LogP contribution in [0, 0.1) is 0 Å². The lowest BCUT2D eigenvalue weighted by atomic mass is 10.1. The highest BCUT2D eigenvalue weighted by Gasteiger charge is 2.10. The Labute approximate surface area is 55.5 Å². The van der Waals surface area contributed by atoms with E-state index in [9.17, 15) is 0 Å². The van der Waals surface area contributed by atoms with E-state index in [-0.39, 0.29) is 6.29 Å². The molecule has 0 radical (unpaired) electrons. The van der Waals surface area contributed by atoms with Crippen LogP contribution >= 0.6 is 0 Å². The molecule has 2 nitrogen and oxygen atoms in total. The normalized spacial score (nSPS) is 26.9. The summed E-state index contributed by atoms with van der Waals surface area (Å²) < 4.78 is 10.1. The van der Waals surface area contributed by atoms with Crippen LogP contribution in [0.5, 0.6) is 0 Å². The zero-order valence-corrected chi connectivity index (χ0v) is 5.89. The predicted molar refractivity (Wildman–Crippen MR) is 34.9 cm³/mol. The summed E-state index contributed by atoms with van der Waals surface area (Å²) in [7, 11) is 1.67. The van der Waals surface area contributed by atoms with E-state index in [0.29, 0.717) is 0 Å². The molecule has 1 aliphatic rings. The second-order valence-electron chi connectivity index (χ2n) is 2.30. The first-order valence-electron chi connectivity index (χ1n) is 3.17. The second-order valence-corrected chi connectivity index (χ2v) is 2.30. The minimum absolute atomic E-state index is 0.00583. The molecule has 0 N–H and O–H groups in total. The maximum absolute atomic E-state index is 5.16. The van der Waals surface area contributed by atoms with Gasteiger partial charge in [-0.05, 0) is 18.9 Å². The van der Waals surface area contributed by atoms with Gasteiger partial charge in [-0.1, -0.05) is 0 Å². The van der Waals surface area contributed by atoms with Gasteiger partial charge in [0.15, 0.2) is 6.29 Å². The van der Waals surface area contributed by atoms with Gasteiger partial charge in [0.05, 0.1) is 6.26 Å². The van der Waals surface area contributed by atoms with Crippen LogP contribution in [0.15, 0.2) is 11.8 Å². The van der Waals surface area contributed by atoms with Crippen molar-refractivity contribution in [2.45, 2.75) is 26.1 Å². The summed E-state index contributed by atoms with van der Waals surface area (Å²) in [6, 6.07) is 0. The fourth-order valence-corrected chi connectivity index (χ4v) is 0.838. The van der Waals surface area contributed by atoms with Crippen LogP contribution in [0.4, 0.5) is 0 Å². The first-order chi connectivity index (χ1) is 4.33. The van der Waals surface area contributed by atoms with Crippen molar-refractivity contribution in [2.24, 2.45) is 0 Å². The highest BCUT2D eigenvalue weighted by molar-refractivity contribution is 4.95. The standard InChI is InChI=1S/C7H12O2/c1-6-3-4-7(8-2)9-5-6/h5,7H,3-4H2,1-2H3. The van der Waals surface area contributed by atoms with Gasteiger partial charge in [0, 0.05) is 13.5 Å². The number of hydrogen-bond donors (Lipinski definition) is 0. The Bertz CT molecular complexity index is 118. The van der Waals surface area contributed by atoms with E-state index in [2.05, 4.69) is 6.92 Å². The van der Waals surface area contributed by atoms with Crippen LogP contribution in [0.3, 0.4) is 0 Å². The molecule has 0 bridgehead atoms. The monoisotopic (exact) mass is 128 g/mol. The van der Waals surface area contributed by atoms with E-state index in [0.717, 1.165) is 12.8 Å². The van der Waals surface area contributed by atoms with Crippen molar-refractivity contribution < 1.29 is 9.47 Å². The summed E-state index contributed by atoms with van der Waals surface area (Å²) in [6.45, 7) is 2.06. The largest absolute Gasteiger partial charge is 0.473 e. The van der Waals surface area contributed by atoms with E-state index in [1.54, 1.807) is 13.4 Å². The van der Waals surface area contributed by atoms with E-state index < -0.39 is 0 Å². The quantitative estimate of drug-likeness (QED) is 0.534. The first-order valence-corrected chi connectivity index (χ1v) is 3.17. The summed E-state index contributed by atoms with van der Waals surface area (Å²) in [4.78, 5) is 0. The molecule has 0 aromatic carbocycles. The van der Waals surface area contributed by atoms with Crippen LogP contribution in [-0.4, -0.2) is 13.4 Å². The fourth-order valence-electron chi connectivity index (χ4n) is 0.838. The summed E-state index contributed by atoms with van der Waals surface area (Å²) in [5, 5.41) is 0. The first kappa shape index (κ1) is 6.62. The van der Waals surface area contributed by atoms with E-state index in [1.165, 1.54) is 5.57 Å². The van der Waals surface area contributed by atoms with Crippen LogP contribution in [0.1, 0.15) is 19.8 Å². The Morgan fingerprint density at radius 1 is 1.78 bits per heavy atom. The Balaban J connectivity index is 2.36. The molecule has 0 fully saturated rings. The topological polar surface area (TPSA) is 18.5 Å². The van der Waals surface area contributed by atoms with Crippen molar-refractivity contribution in [3.63, 3.8) is 0 Å². The van der Waals surface area contributed by atoms with Gasteiger partial charge >= 0.3 is 0 Å². The SMILES string of the molecule is COC1CCC(C)=CO1. The van der Waals surface area contributed by atoms with Crippen molar-refractivity contribution in [2.75, 3.05) is 7.11 Å². The van der Waals surface area contributed by atoms with Gasteiger partial charge in [-0.25, -0.2) is 0 Å².